The van der Waals surface area contributed by atoms with Gasteiger partial charge < -0.3 is 16.0 Å². The quantitative estimate of drug-likeness (QED) is 0.472. The highest BCUT2D eigenvalue weighted by atomic mass is 32.2. The third kappa shape index (κ3) is 6.53. The zero-order chi connectivity index (χ0) is 21.3. The molecule has 0 aliphatic carbocycles. The lowest BCUT2D eigenvalue weighted by molar-refractivity contribution is -0.123. The fourth-order valence-corrected chi connectivity index (χ4v) is 4.45. The number of benzene rings is 1. The summed E-state index contributed by atoms with van der Waals surface area (Å²) in [7, 11) is 0. The largest absolute Gasteiger partial charge is 0.369 e. The first-order chi connectivity index (χ1) is 14.5. The lowest BCUT2D eigenvalue weighted by atomic mass is 9.97. The standard InChI is InChI=1S/C22H27FN4O2S/c23-18-8-6-16(7-9-18)15-30-22-19(5-1-10-26-22)21(29)25-11-3-13-27-12-2-4-17(14-27)20(24)28/h1,5-10,17H,2-4,11-15H2,(H2,24,28)(H,25,29). The molecule has 1 atom stereocenters. The van der Waals surface area contributed by atoms with Gasteiger partial charge in [0, 0.05) is 25.0 Å². The molecule has 0 saturated carbocycles. The fraction of sp³-hybridized carbons (Fsp3) is 0.409. The Balaban J connectivity index is 1.46. The van der Waals surface area contributed by atoms with Crippen LogP contribution in [0.1, 0.15) is 35.2 Å². The number of hydrogen-bond acceptors (Lipinski definition) is 5. The van der Waals surface area contributed by atoms with Crippen LogP contribution in [-0.4, -0.2) is 47.9 Å². The third-order valence-electron chi connectivity index (χ3n) is 5.15. The number of nitrogens with one attached hydrogen (secondary N) is 1. The Morgan fingerprint density at radius 3 is 2.83 bits per heavy atom. The van der Waals surface area contributed by atoms with E-state index in [1.54, 1.807) is 30.5 Å². The Labute approximate surface area is 180 Å². The Morgan fingerprint density at radius 1 is 1.27 bits per heavy atom. The van der Waals surface area contributed by atoms with Crippen molar-refractivity contribution in [1.29, 1.82) is 0 Å². The lowest BCUT2D eigenvalue weighted by Crippen LogP contribution is -2.42. The first-order valence-electron chi connectivity index (χ1n) is 10.1. The van der Waals surface area contributed by atoms with Crippen LogP contribution in [-0.2, 0) is 10.5 Å². The number of carbonyl (C=O) groups excluding carboxylic acids is 2. The molecule has 1 aromatic heterocycles. The number of likely N-dealkylation sites (tertiary alicyclic amines) is 1. The summed E-state index contributed by atoms with van der Waals surface area (Å²) in [6.07, 6.45) is 4.30. The van der Waals surface area contributed by atoms with Gasteiger partial charge in [0.15, 0.2) is 0 Å². The SMILES string of the molecule is NC(=O)C1CCCN(CCCNC(=O)c2cccnc2SCc2ccc(F)cc2)C1. The predicted octanol–water partition coefficient (Wildman–Crippen LogP) is 2.83. The number of amides is 2. The predicted molar refractivity (Wildman–Crippen MR) is 116 cm³/mol. The van der Waals surface area contributed by atoms with E-state index in [2.05, 4.69) is 15.2 Å². The number of pyridine rings is 1. The molecule has 2 amide bonds. The number of thioether (sulfide) groups is 1. The molecule has 6 nitrogen and oxygen atoms in total. The van der Waals surface area contributed by atoms with Gasteiger partial charge in [-0.25, -0.2) is 9.37 Å². The van der Waals surface area contributed by atoms with E-state index in [0.717, 1.165) is 37.9 Å². The lowest BCUT2D eigenvalue weighted by Gasteiger charge is -2.31. The van der Waals surface area contributed by atoms with E-state index in [4.69, 9.17) is 5.73 Å². The number of nitrogens with two attached hydrogens (primary N) is 1. The van der Waals surface area contributed by atoms with Crippen molar-refractivity contribution in [1.82, 2.24) is 15.2 Å². The average molecular weight is 431 g/mol. The molecule has 1 saturated heterocycles. The van der Waals surface area contributed by atoms with Crippen molar-refractivity contribution in [3.63, 3.8) is 0 Å². The van der Waals surface area contributed by atoms with Crippen molar-refractivity contribution in [2.75, 3.05) is 26.2 Å². The zero-order valence-electron chi connectivity index (χ0n) is 16.9. The van der Waals surface area contributed by atoms with Gasteiger partial charge in [-0.05, 0) is 62.2 Å². The van der Waals surface area contributed by atoms with Crippen molar-refractivity contribution in [2.45, 2.75) is 30.0 Å². The zero-order valence-corrected chi connectivity index (χ0v) is 17.7. The Morgan fingerprint density at radius 2 is 2.07 bits per heavy atom. The van der Waals surface area contributed by atoms with Gasteiger partial charge in [0.2, 0.25) is 5.91 Å². The highest BCUT2D eigenvalue weighted by Gasteiger charge is 2.23. The summed E-state index contributed by atoms with van der Waals surface area (Å²) in [5, 5.41) is 3.61. The molecule has 160 valence electrons. The molecular formula is C22H27FN4O2S. The molecule has 1 fully saturated rings. The maximum atomic E-state index is 13.0. The molecule has 0 bridgehead atoms. The summed E-state index contributed by atoms with van der Waals surface area (Å²) in [5.74, 6) is -0.109. The van der Waals surface area contributed by atoms with Crippen LogP contribution < -0.4 is 11.1 Å². The van der Waals surface area contributed by atoms with Crippen LogP contribution >= 0.6 is 11.8 Å². The molecule has 8 heteroatoms. The molecule has 1 aliphatic heterocycles. The van der Waals surface area contributed by atoms with E-state index in [1.165, 1.54) is 23.9 Å². The van der Waals surface area contributed by atoms with Crippen molar-refractivity contribution in [3.8, 4) is 0 Å². The second-order valence-electron chi connectivity index (χ2n) is 7.42. The smallest absolute Gasteiger partial charge is 0.254 e. The summed E-state index contributed by atoms with van der Waals surface area (Å²) < 4.78 is 13.0. The van der Waals surface area contributed by atoms with Gasteiger partial charge in [-0.3, -0.25) is 9.59 Å². The van der Waals surface area contributed by atoms with Gasteiger partial charge in [0.05, 0.1) is 11.5 Å². The number of rotatable bonds is 9. The first-order valence-corrected chi connectivity index (χ1v) is 11.1. The van der Waals surface area contributed by atoms with Gasteiger partial charge in [-0.2, -0.15) is 0 Å². The minimum atomic E-state index is -0.267. The minimum absolute atomic E-state index is 0.0653. The number of nitrogens with zero attached hydrogens (tertiary/aromatic N) is 2. The Kier molecular flexibility index (Phi) is 8.21. The normalized spacial score (nSPS) is 16.9. The Hall–Kier alpha value is -2.45. The van der Waals surface area contributed by atoms with Gasteiger partial charge in [-0.15, -0.1) is 11.8 Å². The molecule has 3 rings (SSSR count). The van der Waals surface area contributed by atoms with Crippen LogP contribution in [0.25, 0.3) is 0 Å². The van der Waals surface area contributed by atoms with E-state index in [9.17, 15) is 14.0 Å². The second kappa shape index (κ2) is 11.1. The average Bonchev–Trinajstić information content (AvgIpc) is 2.76. The molecule has 3 N–H and O–H groups in total. The molecule has 1 aromatic carbocycles. The minimum Gasteiger partial charge on any atom is -0.369 e. The van der Waals surface area contributed by atoms with Crippen LogP contribution in [0.4, 0.5) is 4.39 Å². The molecule has 2 aromatic rings. The number of piperidine rings is 1. The maximum absolute atomic E-state index is 13.0. The number of primary amides is 1. The molecule has 30 heavy (non-hydrogen) atoms. The second-order valence-corrected chi connectivity index (χ2v) is 8.39. The van der Waals surface area contributed by atoms with Gasteiger partial charge in [0.25, 0.3) is 5.91 Å². The number of carbonyl (C=O) groups is 2. The van der Waals surface area contributed by atoms with E-state index in [1.807, 2.05) is 0 Å². The van der Waals surface area contributed by atoms with Gasteiger partial charge in [0.1, 0.15) is 10.8 Å². The van der Waals surface area contributed by atoms with Crippen LogP contribution in [0, 0.1) is 11.7 Å². The van der Waals surface area contributed by atoms with E-state index < -0.39 is 0 Å². The number of halogens is 1. The van der Waals surface area contributed by atoms with E-state index in [0.29, 0.717) is 29.4 Å². The Bertz CT molecular complexity index is 862. The van der Waals surface area contributed by atoms with Crippen molar-refractivity contribution in [3.05, 3.63) is 59.5 Å². The number of hydrogen-bond donors (Lipinski definition) is 2. The van der Waals surface area contributed by atoms with Crippen LogP contribution in [0.5, 0.6) is 0 Å². The summed E-state index contributed by atoms with van der Waals surface area (Å²) in [5.41, 5.74) is 6.93. The maximum Gasteiger partial charge on any atom is 0.254 e. The summed E-state index contributed by atoms with van der Waals surface area (Å²) in [4.78, 5) is 30.6. The summed E-state index contributed by atoms with van der Waals surface area (Å²) in [6.45, 7) is 3.04. The van der Waals surface area contributed by atoms with Crippen molar-refractivity contribution < 1.29 is 14.0 Å². The molecule has 1 aliphatic rings. The van der Waals surface area contributed by atoms with Crippen LogP contribution in [0.3, 0.4) is 0 Å². The van der Waals surface area contributed by atoms with Crippen molar-refractivity contribution in [2.24, 2.45) is 11.7 Å². The molecular weight excluding hydrogens is 403 g/mol. The van der Waals surface area contributed by atoms with Gasteiger partial charge >= 0.3 is 0 Å². The van der Waals surface area contributed by atoms with Crippen LogP contribution in [0.2, 0.25) is 0 Å². The van der Waals surface area contributed by atoms with Crippen molar-refractivity contribution >= 4 is 23.6 Å². The topological polar surface area (TPSA) is 88.3 Å². The summed E-state index contributed by atoms with van der Waals surface area (Å²) in [6, 6.07) is 9.82. The third-order valence-corrected chi connectivity index (χ3v) is 6.23. The summed E-state index contributed by atoms with van der Waals surface area (Å²) >= 11 is 1.45. The van der Waals surface area contributed by atoms with E-state index in [-0.39, 0.29) is 23.5 Å². The van der Waals surface area contributed by atoms with E-state index >= 15 is 0 Å². The highest BCUT2D eigenvalue weighted by Crippen LogP contribution is 2.24. The van der Waals surface area contributed by atoms with Gasteiger partial charge in [-0.1, -0.05) is 12.1 Å². The first kappa shape index (κ1) is 22.2. The molecule has 2 heterocycles. The molecule has 1 unspecified atom stereocenters. The molecule has 0 radical (unpaired) electrons. The monoisotopic (exact) mass is 430 g/mol. The molecule has 0 spiro atoms. The number of aromatic nitrogens is 1. The fourth-order valence-electron chi connectivity index (χ4n) is 3.50. The highest BCUT2D eigenvalue weighted by molar-refractivity contribution is 7.98. The van der Waals surface area contributed by atoms with Crippen LogP contribution in [0.15, 0.2) is 47.6 Å².